The highest BCUT2D eigenvalue weighted by molar-refractivity contribution is 6.36. The van der Waals surface area contributed by atoms with Crippen molar-refractivity contribution >= 4 is 35.1 Å². The standard InChI is InChI=1S/C25H25Cl2N3O3/c1-3-33-25(32)22-14-23(20-11-8-18(26)13-21(20)27)30(28-22)19-9-6-17(7-10-19)24(31)29-12-4-5-16(2)15-29/h6-11,13-14,16H,3-5,12,15H2,1-2H3/t16-/m0/s1. The molecule has 8 heteroatoms. The molecule has 1 aliphatic rings. The molecule has 2 aromatic carbocycles. The summed E-state index contributed by atoms with van der Waals surface area (Å²) in [6, 6.07) is 14.0. The number of benzene rings is 2. The van der Waals surface area contributed by atoms with Crippen LogP contribution in [0.25, 0.3) is 16.9 Å². The summed E-state index contributed by atoms with van der Waals surface area (Å²) in [5, 5.41) is 5.41. The third-order valence-electron chi connectivity index (χ3n) is 5.70. The average molecular weight is 486 g/mol. The number of carbonyl (C=O) groups is 2. The van der Waals surface area contributed by atoms with E-state index in [0.29, 0.717) is 38.5 Å². The number of piperidine rings is 1. The average Bonchev–Trinajstić information content (AvgIpc) is 3.24. The molecule has 3 aromatic rings. The van der Waals surface area contributed by atoms with Crippen molar-refractivity contribution in [1.29, 1.82) is 0 Å². The second kappa shape index (κ2) is 9.98. The van der Waals surface area contributed by atoms with Crippen LogP contribution in [0.1, 0.15) is 47.5 Å². The van der Waals surface area contributed by atoms with Crippen LogP contribution in [0.4, 0.5) is 0 Å². The van der Waals surface area contributed by atoms with E-state index in [2.05, 4.69) is 12.0 Å². The number of ether oxygens (including phenoxy) is 1. The van der Waals surface area contributed by atoms with Gasteiger partial charge in [-0.3, -0.25) is 4.79 Å². The molecule has 1 amide bonds. The maximum absolute atomic E-state index is 12.9. The summed E-state index contributed by atoms with van der Waals surface area (Å²) in [6.45, 7) is 5.72. The van der Waals surface area contributed by atoms with Gasteiger partial charge >= 0.3 is 5.97 Å². The van der Waals surface area contributed by atoms with Gasteiger partial charge in [-0.25, -0.2) is 9.48 Å². The van der Waals surface area contributed by atoms with Gasteiger partial charge in [0.2, 0.25) is 0 Å². The minimum absolute atomic E-state index is 0.0294. The molecule has 4 rings (SSSR count). The van der Waals surface area contributed by atoms with Crippen molar-refractivity contribution in [3.05, 3.63) is 69.8 Å². The number of hydrogen-bond donors (Lipinski definition) is 0. The zero-order valence-corrected chi connectivity index (χ0v) is 20.1. The predicted octanol–water partition coefficient (Wildman–Crippen LogP) is 5.89. The third kappa shape index (κ3) is 5.07. The van der Waals surface area contributed by atoms with Gasteiger partial charge in [-0.1, -0.05) is 30.1 Å². The summed E-state index contributed by atoms with van der Waals surface area (Å²) in [4.78, 5) is 27.2. The molecular formula is C25H25Cl2N3O3. The summed E-state index contributed by atoms with van der Waals surface area (Å²) >= 11 is 12.5. The number of esters is 1. The number of halogens is 2. The van der Waals surface area contributed by atoms with Gasteiger partial charge in [0, 0.05) is 29.2 Å². The number of nitrogens with zero attached hydrogens (tertiary/aromatic N) is 3. The minimum Gasteiger partial charge on any atom is -0.461 e. The zero-order valence-electron chi connectivity index (χ0n) is 18.6. The normalized spacial score (nSPS) is 16.0. The Morgan fingerprint density at radius 3 is 2.55 bits per heavy atom. The molecule has 172 valence electrons. The van der Waals surface area contributed by atoms with Crippen molar-refractivity contribution in [1.82, 2.24) is 14.7 Å². The van der Waals surface area contributed by atoms with Gasteiger partial charge in [0.15, 0.2) is 5.69 Å². The highest BCUT2D eigenvalue weighted by atomic mass is 35.5. The molecule has 1 fully saturated rings. The predicted molar refractivity (Wildman–Crippen MR) is 129 cm³/mol. The molecule has 1 aromatic heterocycles. The SMILES string of the molecule is CCOC(=O)c1cc(-c2ccc(Cl)cc2Cl)n(-c2ccc(C(=O)N3CCC[C@H](C)C3)cc2)n1. The van der Waals surface area contributed by atoms with Crippen molar-refractivity contribution in [3.63, 3.8) is 0 Å². The number of rotatable bonds is 5. The van der Waals surface area contributed by atoms with E-state index in [4.69, 9.17) is 27.9 Å². The van der Waals surface area contributed by atoms with Gasteiger partial charge in [-0.05, 0) is 74.2 Å². The van der Waals surface area contributed by atoms with Crippen LogP contribution in [0.15, 0.2) is 48.5 Å². The number of aromatic nitrogens is 2. The molecule has 1 atom stereocenters. The Morgan fingerprint density at radius 1 is 1.12 bits per heavy atom. The van der Waals surface area contributed by atoms with E-state index < -0.39 is 5.97 Å². The van der Waals surface area contributed by atoms with Crippen molar-refractivity contribution in [2.45, 2.75) is 26.7 Å². The van der Waals surface area contributed by atoms with Crippen LogP contribution in [0.2, 0.25) is 10.0 Å². The van der Waals surface area contributed by atoms with Crippen LogP contribution in [0.3, 0.4) is 0 Å². The summed E-state index contributed by atoms with van der Waals surface area (Å²) in [7, 11) is 0. The van der Waals surface area contributed by atoms with E-state index in [1.165, 1.54) is 0 Å². The van der Waals surface area contributed by atoms with E-state index in [-0.39, 0.29) is 18.2 Å². The largest absolute Gasteiger partial charge is 0.461 e. The Labute approximate surface area is 203 Å². The lowest BCUT2D eigenvalue weighted by Gasteiger charge is -2.31. The van der Waals surface area contributed by atoms with Gasteiger partial charge in [0.1, 0.15) is 0 Å². The molecule has 1 saturated heterocycles. The smallest absolute Gasteiger partial charge is 0.358 e. The van der Waals surface area contributed by atoms with Crippen molar-refractivity contribution in [2.75, 3.05) is 19.7 Å². The Hall–Kier alpha value is -2.83. The molecule has 0 bridgehead atoms. The maximum atomic E-state index is 12.9. The first kappa shape index (κ1) is 23.3. The van der Waals surface area contributed by atoms with Crippen molar-refractivity contribution in [3.8, 4) is 16.9 Å². The van der Waals surface area contributed by atoms with Crippen molar-refractivity contribution < 1.29 is 14.3 Å². The van der Waals surface area contributed by atoms with E-state index in [1.54, 1.807) is 48.0 Å². The summed E-state index contributed by atoms with van der Waals surface area (Å²) in [6.07, 6.45) is 2.18. The molecule has 0 radical (unpaired) electrons. The molecule has 1 aliphatic heterocycles. The summed E-state index contributed by atoms with van der Waals surface area (Å²) in [5.74, 6) is 0.0226. The molecule has 33 heavy (non-hydrogen) atoms. The first-order valence-electron chi connectivity index (χ1n) is 11.0. The van der Waals surface area contributed by atoms with Gasteiger partial charge in [-0.15, -0.1) is 0 Å². The van der Waals surface area contributed by atoms with Gasteiger partial charge in [0.05, 0.1) is 23.0 Å². The summed E-state index contributed by atoms with van der Waals surface area (Å²) < 4.78 is 6.75. The molecule has 0 unspecified atom stereocenters. The Morgan fingerprint density at radius 2 is 1.88 bits per heavy atom. The van der Waals surface area contributed by atoms with Crippen LogP contribution < -0.4 is 0 Å². The first-order chi connectivity index (χ1) is 15.9. The van der Waals surface area contributed by atoms with Gasteiger partial charge in [0.25, 0.3) is 5.91 Å². The Balaban J connectivity index is 1.70. The van der Waals surface area contributed by atoms with Crippen LogP contribution in [0, 0.1) is 5.92 Å². The fourth-order valence-corrected chi connectivity index (χ4v) is 4.58. The van der Waals surface area contributed by atoms with E-state index >= 15 is 0 Å². The van der Waals surface area contributed by atoms with Crippen LogP contribution in [-0.2, 0) is 4.74 Å². The second-order valence-corrected chi connectivity index (χ2v) is 9.06. The lowest BCUT2D eigenvalue weighted by Crippen LogP contribution is -2.39. The molecule has 0 N–H and O–H groups in total. The third-order valence-corrected chi connectivity index (χ3v) is 6.25. The highest BCUT2D eigenvalue weighted by Crippen LogP contribution is 2.32. The van der Waals surface area contributed by atoms with Crippen LogP contribution >= 0.6 is 23.2 Å². The second-order valence-electron chi connectivity index (χ2n) is 8.22. The molecule has 0 spiro atoms. The molecule has 6 nitrogen and oxygen atoms in total. The number of amides is 1. The highest BCUT2D eigenvalue weighted by Gasteiger charge is 2.23. The molecule has 0 saturated carbocycles. The Kier molecular flexibility index (Phi) is 7.05. The Bertz CT molecular complexity index is 1170. The monoisotopic (exact) mass is 485 g/mol. The number of hydrogen-bond acceptors (Lipinski definition) is 4. The van der Waals surface area contributed by atoms with E-state index in [9.17, 15) is 9.59 Å². The lowest BCUT2D eigenvalue weighted by molar-refractivity contribution is 0.0518. The summed E-state index contributed by atoms with van der Waals surface area (Å²) in [5.41, 5.74) is 2.77. The zero-order chi connectivity index (χ0) is 23.5. The van der Waals surface area contributed by atoms with Crippen LogP contribution in [0.5, 0.6) is 0 Å². The minimum atomic E-state index is -0.520. The fraction of sp³-hybridized carbons (Fsp3) is 0.320. The topological polar surface area (TPSA) is 64.4 Å². The van der Waals surface area contributed by atoms with Gasteiger partial charge < -0.3 is 9.64 Å². The molecule has 0 aliphatic carbocycles. The fourth-order valence-electron chi connectivity index (χ4n) is 4.07. The lowest BCUT2D eigenvalue weighted by atomic mass is 9.99. The van der Waals surface area contributed by atoms with E-state index in [0.717, 1.165) is 25.9 Å². The molecule has 2 heterocycles. The molecular weight excluding hydrogens is 461 g/mol. The van der Waals surface area contributed by atoms with Crippen LogP contribution in [-0.4, -0.2) is 46.3 Å². The number of likely N-dealkylation sites (tertiary alicyclic amines) is 1. The van der Waals surface area contributed by atoms with Gasteiger partial charge in [-0.2, -0.15) is 5.10 Å². The van der Waals surface area contributed by atoms with E-state index in [1.807, 2.05) is 17.0 Å². The maximum Gasteiger partial charge on any atom is 0.358 e. The van der Waals surface area contributed by atoms with Crippen molar-refractivity contribution in [2.24, 2.45) is 5.92 Å². The number of carbonyl (C=O) groups excluding carboxylic acids is 2. The quantitative estimate of drug-likeness (QED) is 0.422. The first-order valence-corrected chi connectivity index (χ1v) is 11.7.